The topological polar surface area (TPSA) is 70.1 Å². The summed E-state index contributed by atoms with van der Waals surface area (Å²) < 4.78 is 8.22. The van der Waals surface area contributed by atoms with Gasteiger partial charge in [-0.25, -0.2) is 4.98 Å². The molecule has 0 fully saturated rings. The van der Waals surface area contributed by atoms with Gasteiger partial charge < -0.3 is 15.0 Å². The lowest BCUT2D eigenvalue weighted by Gasteiger charge is -2.16. The predicted molar refractivity (Wildman–Crippen MR) is 110 cm³/mol. The molecular weight excluding hydrogens is 358 g/mol. The molecular formula is C21H25N3O2S. The third-order valence-electron chi connectivity index (χ3n) is 4.33. The van der Waals surface area contributed by atoms with Gasteiger partial charge in [0.05, 0.1) is 23.3 Å². The van der Waals surface area contributed by atoms with E-state index in [0.717, 1.165) is 21.9 Å². The first-order chi connectivity index (χ1) is 13.0. The number of thioether (sulfide) groups is 1. The molecule has 5 nitrogen and oxygen atoms in total. The fourth-order valence-corrected chi connectivity index (χ4v) is 3.79. The molecule has 1 amide bonds. The summed E-state index contributed by atoms with van der Waals surface area (Å²) in [5.41, 5.74) is 9.62. The van der Waals surface area contributed by atoms with E-state index in [1.54, 1.807) is 0 Å². The minimum Gasteiger partial charge on any atom is -0.491 e. The maximum absolute atomic E-state index is 11.2. The highest BCUT2D eigenvalue weighted by Gasteiger charge is 2.13. The van der Waals surface area contributed by atoms with Gasteiger partial charge in [0.2, 0.25) is 5.91 Å². The molecule has 0 atom stereocenters. The summed E-state index contributed by atoms with van der Waals surface area (Å²) in [4.78, 5) is 15.8. The molecule has 0 saturated carbocycles. The van der Waals surface area contributed by atoms with Gasteiger partial charge in [0.25, 0.3) is 0 Å². The van der Waals surface area contributed by atoms with Crippen LogP contribution in [0.25, 0.3) is 11.0 Å². The Morgan fingerprint density at radius 2 is 2.04 bits per heavy atom. The van der Waals surface area contributed by atoms with Crippen molar-refractivity contribution in [2.24, 2.45) is 5.73 Å². The van der Waals surface area contributed by atoms with E-state index in [0.29, 0.717) is 19.1 Å². The molecule has 0 aliphatic carbocycles. The molecule has 0 aliphatic heterocycles. The number of ether oxygens (including phenoxy) is 1. The van der Waals surface area contributed by atoms with Gasteiger partial charge in [0, 0.05) is 0 Å². The number of amides is 1. The average Bonchev–Trinajstić information content (AvgIpc) is 2.97. The van der Waals surface area contributed by atoms with Crippen molar-refractivity contribution >= 4 is 28.7 Å². The number of carbonyl (C=O) groups is 1. The highest BCUT2D eigenvalue weighted by atomic mass is 32.2. The van der Waals surface area contributed by atoms with Crippen LogP contribution in [-0.4, -0.2) is 27.8 Å². The van der Waals surface area contributed by atoms with Crippen LogP contribution >= 0.6 is 11.8 Å². The van der Waals surface area contributed by atoms with Crippen molar-refractivity contribution in [3.05, 3.63) is 53.6 Å². The van der Waals surface area contributed by atoms with Crippen molar-refractivity contribution in [3.63, 3.8) is 0 Å². The molecule has 142 valence electrons. The lowest BCUT2D eigenvalue weighted by molar-refractivity contribution is -0.115. The Labute approximate surface area is 163 Å². The van der Waals surface area contributed by atoms with E-state index >= 15 is 0 Å². The van der Waals surface area contributed by atoms with Crippen molar-refractivity contribution in [2.45, 2.75) is 38.4 Å². The number of nitrogens with two attached hydrogens (primary N) is 1. The van der Waals surface area contributed by atoms with Gasteiger partial charge in [-0.15, -0.1) is 0 Å². The molecule has 3 rings (SSSR count). The number of hydrogen-bond donors (Lipinski definition) is 1. The highest BCUT2D eigenvalue weighted by Crippen LogP contribution is 2.28. The molecule has 2 N–H and O–H groups in total. The molecule has 1 aromatic heterocycles. The van der Waals surface area contributed by atoms with E-state index in [1.165, 1.54) is 22.9 Å². The SMILES string of the molecule is Cc1ccc(C(C)C)c(OCCn2c(SCC(N)=O)nc3ccccc32)c1. The summed E-state index contributed by atoms with van der Waals surface area (Å²) in [5, 5.41) is 0.784. The zero-order valence-electron chi connectivity index (χ0n) is 15.9. The van der Waals surface area contributed by atoms with E-state index in [1.807, 2.05) is 24.3 Å². The molecule has 0 spiro atoms. The molecule has 0 saturated heterocycles. The standard InChI is InChI=1S/C21H25N3O2S/c1-14(2)16-9-8-15(3)12-19(16)26-11-10-24-18-7-5-4-6-17(18)23-21(24)27-13-20(22)25/h4-9,12,14H,10-11,13H2,1-3H3,(H2,22,25). The number of rotatable bonds is 8. The summed E-state index contributed by atoms with van der Waals surface area (Å²) in [5.74, 6) is 1.19. The number of aryl methyl sites for hydroxylation is 1. The largest absolute Gasteiger partial charge is 0.491 e. The Balaban J connectivity index is 1.80. The quantitative estimate of drug-likeness (QED) is 0.594. The van der Waals surface area contributed by atoms with E-state index in [2.05, 4.69) is 48.5 Å². The molecule has 0 aliphatic rings. The second-order valence-corrected chi connectivity index (χ2v) is 7.78. The van der Waals surface area contributed by atoms with Crippen molar-refractivity contribution in [2.75, 3.05) is 12.4 Å². The van der Waals surface area contributed by atoms with Crippen LogP contribution in [0, 0.1) is 6.92 Å². The summed E-state index contributed by atoms with van der Waals surface area (Å²) in [7, 11) is 0. The Kier molecular flexibility index (Phi) is 6.06. The number of primary amides is 1. The van der Waals surface area contributed by atoms with Crippen LogP contribution in [-0.2, 0) is 11.3 Å². The first-order valence-electron chi connectivity index (χ1n) is 9.05. The maximum Gasteiger partial charge on any atom is 0.227 e. The molecule has 6 heteroatoms. The first-order valence-corrected chi connectivity index (χ1v) is 10.0. The van der Waals surface area contributed by atoms with Gasteiger partial charge in [0.1, 0.15) is 12.4 Å². The number of imidazole rings is 1. The monoisotopic (exact) mass is 383 g/mol. The van der Waals surface area contributed by atoms with E-state index < -0.39 is 0 Å². The lowest BCUT2D eigenvalue weighted by Crippen LogP contribution is -2.15. The van der Waals surface area contributed by atoms with Crippen molar-refractivity contribution in [1.82, 2.24) is 9.55 Å². The fraction of sp³-hybridized carbons (Fsp3) is 0.333. The van der Waals surface area contributed by atoms with Gasteiger partial charge in [-0.2, -0.15) is 0 Å². The van der Waals surface area contributed by atoms with E-state index in [4.69, 9.17) is 10.5 Å². The summed E-state index contributed by atoms with van der Waals surface area (Å²) in [6.07, 6.45) is 0. The number of nitrogens with zero attached hydrogens (tertiary/aromatic N) is 2. The van der Waals surface area contributed by atoms with Crippen LogP contribution < -0.4 is 10.5 Å². The summed E-state index contributed by atoms with van der Waals surface area (Å²) in [6.45, 7) is 7.57. The van der Waals surface area contributed by atoms with Gasteiger partial charge >= 0.3 is 0 Å². The fourth-order valence-electron chi connectivity index (χ4n) is 3.01. The average molecular weight is 384 g/mol. The molecule has 0 bridgehead atoms. The Bertz CT molecular complexity index is 950. The Morgan fingerprint density at radius 3 is 2.78 bits per heavy atom. The number of aromatic nitrogens is 2. The number of para-hydroxylation sites is 2. The predicted octanol–water partition coefficient (Wildman–Crippen LogP) is 4.12. The second kappa shape index (κ2) is 8.48. The van der Waals surface area contributed by atoms with Crippen molar-refractivity contribution < 1.29 is 9.53 Å². The summed E-state index contributed by atoms with van der Waals surface area (Å²) in [6, 6.07) is 14.3. The molecule has 2 aromatic carbocycles. The van der Waals surface area contributed by atoms with Crippen molar-refractivity contribution in [3.8, 4) is 5.75 Å². The number of carbonyl (C=O) groups excluding carboxylic acids is 1. The van der Waals surface area contributed by atoms with Gasteiger partial charge in [-0.1, -0.05) is 49.9 Å². The van der Waals surface area contributed by atoms with Crippen LogP contribution in [0.2, 0.25) is 0 Å². The third-order valence-corrected chi connectivity index (χ3v) is 5.33. The number of hydrogen-bond acceptors (Lipinski definition) is 4. The Morgan fingerprint density at radius 1 is 1.26 bits per heavy atom. The number of fused-ring (bicyclic) bond motifs is 1. The van der Waals surface area contributed by atoms with Crippen LogP contribution in [0.4, 0.5) is 0 Å². The molecule has 0 unspecified atom stereocenters. The second-order valence-electron chi connectivity index (χ2n) is 6.83. The molecule has 27 heavy (non-hydrogen) atoms. The molecule has 3 aromatic rings. The van der Waals surface area contributed by atoms with Crippen LogP contribution in [0.1, 0.15) is 30.9 Å². The van der Waals surface area contributed by atoms with Crippen LogP contribution in [0.3, 0.4) is 0 Å². The zero-order valence-corrected chi connectivity index (χ0v) is 16.8. The minimum absolute atomic E-state index is 0.208. The maximum atomic E-state index is 11.2. The zero-order chi connectivity index (χ0) is 19.4. The molecule has 0 radical (unpaired) electrons. The van der Waals surface area contributed by atoms with Gasteiger partial charge in [0.15, 0.2) is 5.16 Å². The van der Waals surface area contributed by atoms with Crippen molar-refractivity contribution in [1.29, 1.82) is 0 Å². The minimum atomic E-state index is -0.351. The number of benzene rings is 2. The molecule has 1 heterocycles. The van der Waals surface area contributed by atoms with Gasteiger partial charge in [-0.3, -0.25) is 4.79 Å². The summed E-state index contributed by atoms with van der Waals surface area (Å²) >= 11 is 1.36. The third kappa shape index (κ3) is 4.63. The first kappa shape index (κ1) is 19.3. The smallest absolute Gasteiger partial charge is 0.227 e. The van der Waals surface area contributed by atoms with E-state index in [9.17, 15) is 4.79 Å². The van der Waals surface area contributed by atoms with E-state index in [-0.39, 0.29) is 11.7 Å². The Hall–Kier alpha value is -2.47. The lowest BCUT2D eigenvalue weighted by atomic mass is 10.0. The highest BCUT2D eigenvalue weighted by molar-refractivity contribution is 7.99. The normalized spacial score (nSPS) is 11.3. The van der Waals surface area contributed by atoms with Gasteiger partial charge in [-0.05, 0) is 42.2 Å². The van der Waals surface area contributed by atoms with Crippen LogP contribution in [0.5, 0.6) is 5.75 Å². The van der Waals surface area contributed by atoms with Crippen LogP contribution in [0.15, 0.2) is 47.6 Å².